The van der Waals surface area contributed by atoms with Gasteiger partial charge in [-0.1, -0.05) is 17.7 Å². The summed E-state index contributed by atoms with van der Waals surface area (Å²) in [6, 6.07) is 2.94. The molecule has 0 saturated heterocycles. The molecule has 0 heterocycles. The van der Waals surface area contributed by atoms with Crippen molar-refractivity contribution in [2.24, 2.45) is 0 Å². The number of halogens is 8. The molecule has 0 amide bonds. The Kier molecular flexibility index (Phi) is 5.79. The molecule has 3 nitrogen and oxygen atoms in total. The molecule has 0 radical (unpaired) electrons. The first-order chi connectivity index (χ1) is 12.2. The van der Waals surface area contributed by atoms with E-state index in [2.05, 4.69) is 0 Å². The lowest BCUT2D eigenvalue weighted by molar-refractivity contribution is -0.143. The molecule has 0 bridgehead atoms. The Balaban J connectivity index is 2.42. The summed E-state index contributed by atoms with van der Waals surface area (Å²) in [4.78, 5) is -1.22. The molecule has 0 aromatic heterocycles. The Morgan fingerprint density at radius 1 is 0.889 bits per heavy atom. The van der Waals surface area contributed by atoms with Crippen molar-refractivity contribution in [2.75, 3.05) is 0 Å². The van der Waals surface area contributed by atoms with Crippen LogP contribution in [0.2, 0.25) is 5.02 Å². The average Bonchev–Trinajstić information content (AvgIpc) is 2.52. The van der Waals surface area contributed by atoms with E-state index in [0.29, 0.717) is 0 Å². The Morgan fingerprint density at radius 3 is 1.85 bits per heavy atom. The molecule has 0 saturated carbocycles. The van der Waals surface area contributed by atoms with E-state index in [1.165, 1.54) is 0 Å². The molecule has 0 aliphatic carbocycles. The lowest BCUT2D eigenvalue weighted by Gasteiger charge is -2.15. The average molecular weight is 436 g/mol. The molecule has 0 aliphatic rings. The molecule has 2 aromatic rings. The highest BCUT2D eigenvalue weighted by atomic mass is 35.5. The molecule has 0 spiro atoms. The normalized spacial score (nSPS) is 13.0. The highest BCUT2D eigenvalue weighted by Crippen LogP contribution is 2.37. The van der Waals surface area contributed by atoms with Gasteiger partial charge >= 0.3 is 12.4 Å². The summed E-state index contributed by atoms with van der Waals surface area (Å²) >= 11 is 5.70. The third-order valence-electron chi connectivity index (χ3n) is 3.34. The van der Waals surface area contributed by atoms with Gasteiger partial charge in [0, 0.05) is 11.6 Å². The summed E-state index contributed by atoms with van der Waals surface area (Å²) in [5.41, 5.74) is -3.46. The van der Waals surface area contributed by atoms with E-state index < -0.39 is 50.8 Å². The molecule has 0 fully saturated rings. The van der Waals surface area contributed by atoms with Crippen molar-refractivity contribution in [3.05, 3.63) is 63.9 Å². The molecule has 27 heavy (non-hydrogen) atoms. The minimum atomic E-state index is -5.19. The van der Waals surface area contributed by atoms with Gasteiger partial charge in [0.15, 0.2) is 0 Å². The molecule has 2 rings (SSSR count). The van der Waals surface area contributed by atoms with Crippen molar-refractivity contribution >= 4 is 21.6 Å². The van der Waals surface area contributed by atoms with Gasteiger partial charge in [0.25, 0.3) is 0 Å². The van der Waals surface area contributed by atoms with Crippen molar-refractivity contribution in [1.29, 1.82) is 0 Å². The van der Waals surface area contributed by atoms with E-state index in [1.54, 1.807) is 0 Å². The lowest BCUT2D eigenvalue weighted by Crippen LogP contribution is -2.24. The van der Waals surface area contributed by atoms with E-state index in [1.807, 2.05) is 4.72 Å². The minimum Gasteiger partial charge on any atom is -0.207 e. The van der Waals surface area contributed by atoms with Gasteiger partial charge in [0.05, 0.1) is 16.0 Å². The van der Waals surface area contributed by atoms with Crippen molar-refractivity contribution in [3.8, 4) is 0 Å². The minimum absolute atomic E-state index is 0.0738. The summed E-state index contributed by atoms with van der Waals surface area (Å²) in [7, 11) is -4.75. The van der Waals surface area contributed by atoms with Crippen molar-refractivity contribution in [3.63, 3.8) is 0 Å². The molecule has 0 atom stereocenters. The van der Waals surface area contributed by atoms with Crippen LogP contribution in [0.5, 0.6) is 0 Å². The third-order valence-corrected chi connectivity index (χ3v) is 5.07. The van der Waals surface area contributed by atoms with Crippen LogP contribution in [0.1, 0.15) is 16.7 Å². The summed E-state index contributed by atoms with van der Waals surface area (Å²) in [6.45, 7) is -0.570. The van der Waals surface area contributed by atoms with Crippen LogP contribution in [0.3, 0.4) is 0 Å². The number of hydrogen-bond donors (Lipinski definition) is 1. The third kappa shape index (κ3) is 5.33. The molecule has 1 N–H and O–H groups in total. The summed E-state index contributed by atoms with van der Waals surface area (Å²) in [5, 5.41) is -0.169. The Bertz CT molecular complexity index is 923. The summed E-state index contributed by atoms with van der Waals surface area (Å²) in [6.07, 6.45) is -10.4. The predicted molar refractivity (Wildman–Crippen MR) is 81.9 cm³/mol. The van der Waals surface area contributed by atoms with Crippen LogP contribution in [0.15, 0.2) is 41.3 Å². The van der Waals surface area contributed by atoms with Gasteiger partial charge in [-0.2, -0.15) is 26.3 Å². The second-order valence-electron chi connectivity index (χ2n) is 5.30. The monoisotopic (exact) mass is 435 g/mol. The van der Waals surface area contributed by atoms with E-state index >= 15 is 0 Å². The van der Waals surface area contributed by atoms with E-state index in [0.717, 1.165) is 18.2 Å². The maximum absolute atomic E-state index is 13.0. The zero-order valence-electron chi connectivity index (χ0n) is 12.9. The summed E-state index contributed by atoms with van der Waals surface area (Å²) < 4.78 is 116. The van der Waals surface area contributed by atoms with Crippen LogP contribution in [-0.4, -0.2) is 8.42 Å². The first-order valence-electron chi connectivity index (χ1n) is 6.93. The van der Waals surface area contributed by atoms with Gasteiger partial charge < -0.3 is 0 Å². The summed E-state index contributed by atoms with van der Waals surface area (Å²) in [5.74, 6) is -0.709. The fraction of sp³-hybridized carbons (Fsp3) is 0.200. The SMILES string of the molecule is O=S(=O)(NCc1ccc(F)cc1Cl)c1cc(C(F)(F)F)cc(C(F)(F)F)c1. The van der Waals surface area contributed by atoms with Crippen LogP contribution in [0.4, 0.5) is 30.7 Å². The van der Waals surface area contributed by atoms with Gasteiger partial charge in [-0.25, -0.2) is 17.5 Å². The molecule has 0 aliphatic heterocycles. The molecule has 12 heteroatoms. The molecule has 148 valence electrons. The first kappa shape index (κ1) is 21.5. The maximum atomic E-state index is 13.0. The number of benzene rings is 2. The number of sulfonamides is 1. The number of alkyl halides is 6. The van der Waals surface area contributed by atoms with Gasteiger partial charge in [-0.15, -0.1) is 0 Å². The number of hydrogen-bond acceptors (Lipinski definition) is 2. The highest BCUT2D eigenvalue weighted by Gasteiger charge is 2.38. The molecule has 2 aromatic carbocycles. The fourth-order valence-electron chi connectivity index (χ4n) is 2.00. The van der Waals surface area contributed by atoms with Crippen molar-refractivity contribution < 1.29 is 39.2 Å². The topological polar surface area (TPSA) is 46.2 Å². The Hall–Kier alpha value is -1.85. The van der Waals surface area contributed by atoms with Gasteiger partial charge in [0.1, 0.15) is 5.82 Å². The quantitative estimate of drug-likeness (QED) is 0.687. The first-order valence-corrected chi connectivity index (χ1v) is 8.79. The van der Waals surface area contributed by atoms with Crippen LogP contribution >= 0.6 is 11.6 Å². The number of rotatable bonds is 4. The van der Waals surface area contributed by atoms with Crippen molar-refractivity contribution in [2.45, 2.75) is 23.8 Å². The maximum Gasteiger partial charge on any atom is 0.416 e. The zero-order valence-corrected chi connectivity index (χ0v) is 14.5. The molecular weight excluding hydrogens is 427 g/mol. The van der Waals surface area contributed by atoms with E-state index in [9.17, 15) is 39.2 Å². The van der Waals surface area contributed by atoms with Crippen LogP contribution in [0, 0.1) is 5.82 Å². The van der Waals surface area contributed by atoms with Crippen molar-refractivity contribution in [1.82, 2.24) is 4.72 Å². The van der Waals surface area contributed by atoms with E-state index in [4.69, 9.17) is 11.6 Å². The van der Waals surface area contributed by atoms with E-state index in [-0.39, 0.29) is 28.8 Å². The highest BCUT2D eigenvalue weighted by molar-refractivity contribution is 7.89. The fourth-order valence-corrected chi connectivity index (χ4v) is 3.31. The van der Waals surface area contributed by atoms with Gasteiger partial charge in [-0.05, 0) is 35.9 Å². The van der Waals surface area contributed by atoms with Gasteiger partial charge in [-0.3, -0.25) is 0 Å². The predicted octanol–water partition coefficient (Wildman–Crippen LogP) is 5.00. The largest absolute Gasteiger partial charge is 0.416 e. The number of nitrogens with one attached hydrogen (secondary N) is 1. The second kappa shape index (κ2) is 7.28. The van der Waals surface area contributed by atoms with Crippen LogP contribution in [-0.2, 0) is 28.9 Å². The molecule has 0 unspecified atom stereocenters. The van der Waals surface area contributed by atoms with Gasteiger partial charge in [0.2, 0.25) is 10.0 Å². The lowest BCUT2D eigenvalue weighted by atomic mass is 10.1. The van der Waals surface area contributed by atoms with Crippen LogP contribution in [0.25, 0.3) is 0 Å². The molecular formula is C15H9ClF7NO2S. The standard InChI is InChI=1S/C15H9ClF7NO2S/c16-13-6-11(17)2-1-8(13)7-24-27(25,26)12-4-9(14(18,19)20)3-10(5-12)15(21,22)23/h1-6,24H,7H2. The Labute approximate surface area is 153 Å². The Morgan fingerprint density at radius 2 is 1.41 bits per heavy atom. The zero-order chi connectivity index (χ0) is 20.6. The van der Waals surface area contributed by atoms with Crippen LogP contribution < -0.4 is 4.72 Å². The second-order valence-corrected chi connectivity index (χ2v) is 7.48. The smallest absolute Gasteiger partial charge is 0.207 e.